The number of nitrogens with zero attached hydrogens (tertiary/aromatic N) is 4. The molecule has 4 heterocycles. The van der Waals surface area contributed by atoms with Gasteiger partial charge in [0.25, 0.3) is 0 Å². The molecule has 0 spiro atoms. The van der Waals surface area contributed by atoms with Crippen LogP contribution in [0.4, 0.5) is 5.69 Å². The maximum atomic E-state index is 13.0. The molecule has 0 bridgehead atoms. The normalized spacial score (nSPS) is 16.7. The summed E-state index contributed by atoms with van der Waals surface area (Å²) in [6, 6.07) is 19.2. The smallest absolute Gasteiger partial charge is 0.226 e. The van der Waals surface area contributed by atoms with Gasteiger partial charge in [-0.2, -0.15) is 0 Å². The van der Waals surface area contributed by atoms with E-state index in [9.17, 15) is 4.79 Å². The molecule has 200 valence electrons. The number of anilines is 1. The Morgan fingerprint density at radius 1 is 1.05 bits per heavy atom. The summed E-state index contributed by atoms with van der Waals surface area (Å²) in [5, 5.41) is 7.05. The number of carbonyl (C=O) groups is 1. The van der Waals surface area contributed by atoms with Crippen LogP contribution in [0.2, 0.25) is 0 Å². The minimum atomic E-state index is -0.171. The third-order valence-electron chi connectivity index (χ3n) is 7.08. The first-order valence-electron chi connectivity index (χ1n) is 12.9. The maximum absolute atomic E-state index is 13.0. The summed E-state index contributed by atoms with van der Waals surface area (Å²) in [5.41, 5.74) is 5.95. The molecule has 0 saturated carbocycles. The lowest BCUT2D eigenvalue weighted by Gasteiger charge is -2.28. The lowest BCUT2D eigenvalue weighted by molar-refractivity contribution is -0.116. The molecule has 1 fully saturated rings. The first kappa shape index (κ1) is 26.4. The van der Waals surface area contributed by atoms with E-state index in [1.165, 1.54) is 0 Å². The zero-order valence-corrected chi connectivity index (χ0v) is 23.3. The molecule has 0 aliphatic carbocycles. The number of carbonyl (C=O) groups excluding carboxylic acids is 1. The highest BCUT2D eigenvalue weighted by atomic mass is 32.1. The van der Waals surface area contributed by atoms with E-state index >= 15 is 0 Å². The molecular weight excluding hydrogens is 508 g/mol. The molecule has 1 aliphatic heterocycles. The number of para-hydroxylation sites is 2. The van der Waals surface area contributed by atoms with Gasteiger partial charge in [0.2, 0.25) is 5.91 Å². The highest BCUT2D eigenvalue weighted by Gasteiger charge is 2.41. The molecule has 1 saturated heterocycles. The number of rotatable bonds is 8. The molecule has 2 atom stereocenters. The van der Waals surface area contributed by atoms with E-state index < -0.39 is 0 Å². The van der Waals surface area contributed by atoms with E-state index in [0.717, 1.165) is 34.0 Å². The first-order valence-corrected chi connectivity index (χ1v) is 13.3. The van der Waals surface area contributed by atoms with Gasteiger partial charge in [0.05, 0.1) is 30.6 Å². The van der Waals surface area contributed by atoms with Crippen LogP contribution in [0.5, 0.6) is 5.75 Å². The van der Waals surface area contributed by atoms with Gasteiger partial charge in [0, 0.05) is 36.7 Å². The van der Waals surface area contributed by atoms with Gasteiger partial charge in [0.15, 0.2) is 5.11 Å². The van der Waals surface area contributed by atoms with Crippen LogP contribution < -0.4 is 15.4 Å². The molecule has 39 heavy (non-hydrogen) atoms. The van der Waals surface area contributed by atoms with E-state index in [4.69, 9.17) is 17.0 Å². The highest BCUT2D eigenvalue weighted by Crippen LogP contribution is 2.41. The molecule has 2 N–H and O–H groups in total. The van der Waals surface area contributed by atoms with Crippen LogP contribution in [0.25, 0.3) is 5.82 Å². The van der Waals surface area contributed by atoms with Crippen molar-refractivity contribution in [3.8, 4) is 11.6 Å². The number of nitrogens with one attached hydrogen (secondary N) is 2. The number of pyridine rings is 2. The third kappa shape index (κ3) is 5.35. The Morgan fingerprint density at radius 3 is 2.59 bits per heavy atom. The number of thiocarbonyl (C=S) groups is 1. The number of ether oxygens (including phenoxy) is 1. The molecule has 1 aliphatic rings. The standard InChI is InChI=1S/C30H32N6O2S/c1-19-12-15-32-26(17-19)36-20(2)18-22(21(36)3)29-28(24-10-7-8-14-31-24)34-30(39)35(29)16-13-27(37)33-23-9-5-6-11-25(23)38-4/h5-12,14-15,17-18,28-29H,13,16H2,1-4H3,(H,33,37)(H,34,39)/t28-,29-/m1/s1. The first-order chi connectivity index (χ1) is 18.9. The zero-order valence-electron chi connectivity index (χ0n) is 22.5. The Kier molecular flexibility index (Phi) is 7.60. The van der Waals surface area contributed by atoms with Gasteiger partial charge in [-0.3, -0.25) is 9.78 Å². The number of amides is 1. The quantitative estimate of drug-likeness (QED) is 0.297. The fraction of sp³-hybridized carbons (Fsp3) is 0.267. The SMILES string of the molecule is COc1ccccc1NC(=O)CCN1C(=S)N[C@H](c2ccccn2)[C@H]1c1cc(C)n(-c2cc(C)ccn2)c1C. The predicted octanol–water partition coefficient (Wildman–Crippen LogP) is 5.20. The van der Waals surface area contributed by atoms with Crippen molar-refractivity contribution in [2.45, 2.75) is 39.3 Å². The van der Waals surface area contributed by atoms with Crippen molar-refractivity contribution in [3.05, 3.63) is 101 Å². The van der Waals surface area contributed by atoms with Gasteiger partial charge in [-0.05, 0) is 86.6 Å². The molecule has 5 rings (SSSR count). The number of aryl methyl sites for hydroxylation is 2. The average Bonchev–Trinajstić information content (AvgIpc) is 3.42. The van der Waals surface area contributed by atoms with Crippen molar-refractivity contribution < 1.29 is 9.53 Å². The van der Waals surface area contributed by atoms with E-state index in [2.05, 4.69) is 63.0 Å². The van der Waals surface area contributed by atoms with Crippen LogP contribution in [0, 0.1) is 20.8 Å². The van der Waals surface area contributed by atoms with Crippen LogP contribution in [0.1, 0.15) is 46.7 Å². The molecule has 1 amide bonds. The van der Waals surface area contributed by atoms with Crippen LogP contribution in [-0.4, -0.2) is 44.1 Å². The maximum Gasteiger partial charge on any atom is 0.226 e. The monoisotopic (exact) mass is 540 g/mol. The Bertz CT molecular complexity index is 1500. The van der Waals surface area contributed by atoms with Crippen LogP contribution in [-0.2, 0) is 4.79 Å². The third-order valence-corrected chi connectivity index (χ3v) is 7.43. The lowest BCUT2D eigenvalue weighted by Crippen LogP contribution is -2.33. The van der Waals surface area contributed by atoms with Gasteiger partial charge < -0.3 is 24.8 Å². The van der Waals surface area contributed by atoms with Crippen molar-refractivity contribution in [1.29, 1.82) is 0 Å². The number of aromatic nitrogens is 3. The van der Waals surface area contributed by atoms with E-state index in [0.29, 0.717) is 23.1 Å². The molecule has 4 aromatic rings. The van der Waals surface area contributed by atoms with Crippen molar-refractivity contribution in [2.75, 3.05) is 19.0 Å². The Morgan fingerprint density at radius 2 is 1.85 bits per heavy atom. The molecule has 1 aromatic carbocycles. The largest absolute Gasteiger partial charge is 0.495 e. The van der Waals surface area contributed by atoms with Gasteiger partial charge in [-0.15, -0.1) is 0 Å². The summed E-state index contributed by atoms with van der Waals surface area (Å²) in [4.78, 5) is 24.4. The molecule has 0 radical (unpaired) electrons. The van der Waals surface area contributed by atoms with Crippen molar-refractivity contribution in [1.82, 2.24) is 24.8 Å². The van der Waals surface area contributed by atoms with Crippen LogP contribution >= 0.6 is 12.2 Å². The Balaban J connectivity index is 1.47. The summed E-state index contributed by atoms with van der Waals surface area (Å²) in [6.07, 6.45) is 3.88. The summed E-state index contributed by atoms with van der Waals surface area (Å²) < 4.78 is 7.55. The second kappa shape index (κ2) is 11.2. The fourth-order valence-electron chi connectivity index (χ4n) is 5.25. The summed E-state index contributed by atoms with van der Waals surface area (Å²) in [6.45, 7) is 6.69. The lowest BCUT2D eigenvalue weighted by atomic mass is 9.96. The van der Waals surface area contributed by atoms with Gasteiger partial charge in [-0.25, -0.2) is 4.98 Å². The van der Waals surface area contributed by atoms with Gasteiger partial charge in [-0.1, -0.05) is 18.2 Å². The molecule has 3 aromatic heterocycles. The van der Waals surface area contributed by atoms with Crippen LogP contribution in [0.15, 0.2) is 73.1 Å². The zero-order chi connectivity index (χ0) is 27.5. The minimum absolute atomic E-state index is 0.114. The Labute approximate surface area is 234 Å². The summed E-state index contributed by atoms with van der Waals surface area (Å²) >= 11 is 5.83. The van der Waals surface area contributed by atoms with Crippen molar-refractivity contribution in [2.24, 2.45) is 0 Å². The summed E-state index contributed by atoms with van der Waals surface area (Å²) in [7, 11) is 1.59. The van der Waals surface area contributed by atoms with E-state index in [-0.39, 0.29) is 24.4 Å². The van der Waals surface area contributed by atoms with Gasteiger partial charge >= 0.3 is 0 Å². The Hall–Kier alpha value is -4.24. The van der Waals surface area contributed by atoms with Crippen LogP contribution in [0.3, 0.4) is 0 Å². The van der Waals surface area contributed by atoms with Crippen molar-refractivity contribution >= 4 is 28.9 Å². The minimum Gasteiger partial charge on any atom is -0.495 e. The number of hydrogen-bond donors (Lipinski definition) is 2. The molecule has 0 unspecified atom stereocenters. The number of methoxy groups -OCH3 is 1. The number of benzene rings is 1. The van der Waals surface area contributed by atoms with Crippen molar-refractivity contribution in [3.63, 3.8) is 0 Å². The summed E-state index contributed by atoms with van der Waals surface area (Å²) in [5.74, 6) is 1.38. The number of hydrogen-bond acceptors (Lipinski definition) is 5. The highest BCUT2D eigenvalue weighted by molar-refractivity contribution is 7.80. The molecule has 9 heteroatoms. The topological polar surface area (TPSA) is 84.3 Å². The average molecular weight is 541 g/mol. The van der Waals surface area contributed by atoms with Gasteiger partial charge in [0.1, 0.15) is 11.6 Å². The second-order valence-electron chi connectivity index (χ2n) is 9.67. The second-order valence-corrected chi connectivity index (χ2v) is 10.1. The predicted molar refractivity (Wildman–Crippen MR) is 156 cm³/mol. The van der Waals surface area contributed by atoms with E-state index in [1.54, 1.807) is 13.3 Å². The van der Waals surface area contributed by atoms with E-state index in [1.807, 2.05) is 54.7 Å². The molecular formula is C30H32N6O2S. The molecule has 8 nitrogen and oxygen atoms in total. The fourth-order valence-corrected chi connectivity index (χ4v) is 5.58.